The van der Waals surface area contributed by atoms with Crippen LogP contribution in [-0.2, 0) is 19.1 Å². The van der Waals surface area contributed by atoms with Gasteiger partial charge in [0.15, 0.2) is 0 Å². The number of carboxylic acid groups (broad SMARTS) is 1. The number of hydrogen-bond donors (Lipinski definition) is 2. The minimum absolute atomic E-state index is 0.0495. The molecule has 27 heavy (non-hydrogen) atoms. The first kappa shape index (κ1) is 25.3. The number of hydrogen-bond acceptors (Lipinski definition) is 6. The van der Waals surface area contributed by atoms with Crippen LogP contribution in [0, 0.1) is 0 Å². The molecule has 1 amide bonds. The highest BCUT2D eigenvalue weighted by atomic mass is 16.5. The Kier molecular flexibility index (Phi) is 16.6. The van der Waals surface area contributed by atoms with Gasteiger partial charge >= 0.3 is 0 Å². The van der Waals surface area contributed by atoms with Crippen molar-refractivity contribution in [1.29, 1.82) is 0 Å². The number of amides is 1. The number of rotatable bonds is 19. The van der Waals surface area contributed by atoms with Gasteiger partial charge in [-0.1, -0.05) is 26.7 Å². The van der Waals surface area contributed by atoms with Crippen molar-refractivity contribution in [3.63, 3.8) is 0 Å². The Hall–Kier alpha value is -1.67. The molecule has 0 aliphatic carbocycles. The molecule has 0 spiro atoms. The van der Waals surface area contributed by atoms with Gasteiger partial charge in [0.25, 0.3) is 6.47 Å². The molecule has 0 bridgehead atoms. The van der Waals surface area contributed by atoms with Gasteiger partial charge in [0.05, 0.1) is 19.5 Å². The smallest absolute Gasteiger partial charge is 0.297 e. The Morgan fingerprint density at radius 1 is 1.04 bits per heavy atom. The molecule has 8 nitrogen and oxygen atoms in total. The van der Waals surface area contributed by atoms with Crippen LogP contribution in [0.15, 0.2) is 0 Å². The number of unbranched alkanes of at least 4 members (excludes halogenated alkanes) is 2. The van der Waals surface area contributed by atoms with Crippen molar-refractivity contribution < 1.29 is 29.1 Å². The summed E-state index contributed by atoms with van der Waals surface area (Å²) in [5.41, 5.74) is 0. The Bertz CT molecular complexity index is 399. The zero-order chi connectivity index (χ0) is 20.3. The molecular weight excluding hydrogens is 350 g/mol. The van der Waals surface area contributed by atoms with Crippen LogP contribution in [0.4, 0.5) is 0 Å². The summed E-state index contributed by atoms with van der Waals surface area (Å²) in [4.78, 5) is 36.0. The third kappa shape index (κ3) is 16.2. The van der Waals surface area contributed by atoms with Crippen LogP contribution in [-0.4, -0.2) is 69.2 Å². The molecule has 0 saturated carbocycles. The van der Waals surface area contributed by atoms with E-state index in [1.165, 1.54) is 25.7 Å². The maximum Gasteiger partial charge on any atom is 0.297 e. The summed E-state index contributed by atoms with van der Waals surface area (Å²) in [6, 6.07) is 0. The van der Waals surface area contributed by atoms with Crippen LogP contribution >= 0.6 is 0 Å². The van der Waals surface area contributed by atoms with Crippen molar-refractivity contribution in [3.8, 4) is 0 Å². The van der Waals surface area contributed by atoms with Gasteiger partial charge in [-0.05, 0) is 38.9 Å². The molecule has 0 aromatic heterocycles. The molecule has 0 radical (unpaired) electrons. The van der Waals surface area contributed by atoms with E-state index < -0.39 is 5.97 Å². The normalized spacial score (nSPS) is 12.0. The molecule has 0 saturated heterocycles. The first-order valence-electron chi connectivity index (χ1n) is 10.1. The van der Waals surface area contributed by atoms with Gasteiger partial charge in [0.1, 0.15) is 0 Å². The van der Waals surface area contributed by atoms with Gasteiger partial charge in [0.2, 0.25) is 12.6 Å². The number of ether oxygens (including phenoxy) is 1. The van der Waals surface area contributed by atoms with Crippen LogP contribution < -0.4 is 15.3 Å². The van der Waals surface area contributed by atoms with Gasteiger partial charge in [-0.15, -0.1) is 0 Å². The molecule has 2 N–H and O–H groups in total. The van der Waals surface area contributed by atoms with Crippen LogP contribution in [0.1, 0.15) is 58.8 Å². The number of carbonyl (C=O) groups is 3. The van der Waals surface area contributed by atoms with E-state index in [-0.39, 0.29) is 32.0 Å². The molecule has 0 aromatic rings. The fourth-order valence-corrected chi connectivity index (χ4v) is 2.71. The summed E-state index contributed by atoms with van der Waals surface area (Å²) < 4.78 is 4.68. The number of nitrogens with one attached hydrogen (secondary N) is 2. The summed E-state index contributed by atoms with van der Waals surface area (Å²) in [6.07, 6.45) is 5.81. The monoisotopic (exact) mass is 387 g/mol. The highest BCUT2D eigenvalue weighted by molar-refractivity contribution is 5.75. The highest BCUT2D eigenvalue weighted by Crippen LogP contribution is 2.00. The predicted molar refractivity (Wildman–Crippen MR) is 101 cm³/mol. The van der Waals surface area contributed by atoms with E-state index in [4.69, 9.17) is 0 Å². The van der Waals surface area contributed by atoms with Crippen LogP contribution in [0.3, 0.4) is 0 Å². The zero-order valence-corrected chi connectivity index (χ0v) is 17.0. The quantitative estimate of drug-likeness (QED) is 0.166. The van der Waals surface area contributed by atoms with E-state index in [2.05, 4.69) is 28.8 Å². The van der Waals surface area contributed by atoms with Gasteiger partial charge in [-0.2, -0.15) is 0 Å². The summed E-state index contributed by atoms with van der Waals surface area (Å²) in [5, 5.41) is 13.5. The number of quaternary nitrogens is 1. The standard InChI is InChI=1S/C19H37N3O5/c1-3-5-11-21(12-6-4-2)13-7-10-20-18(24)8-14-22(16-27-17-23)15-9-19(25)26/h17H,3-16H2,1-2H3,(H,20,24)(H,25,26). The Morgan fingerprint density at radius 3 is 2.19 bits per heavy atom. The fourth-order valence-electron chi connectivity index (χ4n) is 2.71. The van der Waals surface area contributed by atoms with Crippen molar-refractivity contribution >= 4 is 18.3 Å². The Labute approximate surface area is 163 Å². The lowest BCUT2D eigenvalue weighted by molar-refractivity contribution is -0.916. The molecular formula is C19H37N3O5. The molecule has 1 atom stereocenters. The van der Waals surface area contributed by atoms with Crippen molar-refractivity contribution in [2.24, 2.45) is 0 Å². The van der Waals surface area contributed by atoms with Crippen molar-refractivity contribution in [2.45, 2.75) is 58.8 Å². The second-order valence-electron chi connectivity index (χ2n) is 6.78. The van der Waals surface area contributed by atoms with Gasteiger partial charge in [-0.3, -0.25) is 9.59 Å². The largest absolute Gasteiger partial charge is 0.550 e. The van der Waals surface area contributed by atoms with Gasteiger partial charge in [-0.25, -0.2) is 0 Å². The van der Waals surface area contributed by atoms with E-state index >= 15 is 0 Å². The van der Waals surface area contributed by atoms with E-state index in [9.17, 15) is 19.5 Å². The van der Waals surface area contributed by atoms with E-state index in [1.807, 2.05) is 0 Å². The molecule has 1 unspecified atom stereocenters. The lowest BCUT2D eigenvalue weighted by Gasteiger charge is -2.22. The number of aliphatic carboxylic acids is 1. The van der Waals surface area contributed by atoms with E-state index in [0.717, 1.165) is 31.0 Å². The first-order valence-corrected chi connectivity index (χ1v) is 10.1. The maximum absolute atomic E-state index is 12.0. The molecule has 0 rings (SSSR count). The van der Waals surface area contributed by atoms with Gasteiger partial charge in [0, 0.05) is 18.9 Å². The van der Waals surface area contributed by atoms with Crippen molar-refractivity contribution in [3.05, 3.63) is 0 Å². The van der Waals surface area contributed by atoms with Crippen LogP contribution in [0.5, 0.6) is 0 Å². The van der Waals surface area contributed by atoms with E-state index in [1.54, 1.807) is 0 Å². The minimum atomic E-state index is -1.15. The summed E-state index contributed by atoms with van der Waals surface area (Å²) >= 11 is 0. The second kappa shape index (κ2) is 17.7. The number of carbonyl (C=O) groups excluding carboxylic acids is 3. The molecule has 0 aliphatic heterocycles. The molecule has 8 heteroatoms. The predicted octanol–water partition coefficient (Wildman–Crippen LogP) is -1.06. The lowest BCUT2D eigenvalue weighted by Crippen LogP contribution is -3.12. The minimum Gasteiger partial charge on any atom is -0.550 e. The number of carboxylic acids is 1. The highest BCUT2D eigenvalue weighted by Gasteiger charge is 2.12. The fraction of sp³-hybridized carbons (Fsp3) is 0.842. The van der Waals surface area contributed by atoms with Gasteiger partial charge < -0.3 is 29.8 Å². The molecule has 0 aliphatic rings. The average Bonchev–Trinajstić information content (AvgIpc) is 2.65. The lowest BCUT2D eigenvalue weighted by atomic mass is 10.2. The zero-order valence-electron chi connectivity index (χ0n) is 17.0. The second-order valence-corrected chi connectivity index (χ2v) is 6.78. The Balaban J connectivity index is 4.02. The van der Waals surface area contributed by atoms with Crippen LogP contribution in [0.2, 0.25) is 0 Å². The number of nitrogens with zero attached hydrogens (tertiary/aromatic N) is 1. The summed E-state index contributed by atoms with van der Waals surface area (Å²) in [7, 11) is 0. The molecule has 0 aromatic carbocycles. The third-order valence-corrected chi connectivity index (χ3v) is 4.37. The maximum atomic E-state index is 12.0. The first-order chi connectivity index (χ1) is 13.0. The SMILES string of the molecule is CCCCN(CCCC)CCCNC(=O)CC[NH+](CCC(=O)[O-])COC=O. The summed E-state index contributed by atoms with van der Waals surface area (Å²) in [6.45, 7) is 9.25. The van der Waals surface area contributed by atoms with Crippen molar-refractivity contribution in [2.75, 3.05) is 46.0 Å². The summed E-state index contributed by atoms with van der Waals surface area (Å²) in [5.74, 6) is -1.22. The average molecular weight is 388 g/mol. The van der Waals surface area contributed by atoms with Crippen LogP contribution in [0.25, 0.3) is 0 Å². The Morgan fingerprint density at radius 2 is 1.63 bits per heavy atom. The van der Waals surface area contributed by atoms with Crippen molar-refractivity contribution in [1.82, 2.24) is 10.2 Å². The molecule has 0 heterocycles. The molecule has 0 fully saturated rings. The third-order valence-electron chi connectivity index (χ3n) is 4.37. The topological polar surface area (TPSA) is 103 Å². The van der Waals surface area contributed by atoms with E-state index in [0.29, 0.717) is 19.6 Å². The molecule has 158 valence electrons.